The third-order valence-corrected chi connectivity index (χ3v) is 2.56. The van der Waals surface area contributed by atoms with E-state index in [0.717, 1.165) is 22.6 Å². The Hall–Kier alpha value is -1.97. The van der Waals surface area contributed by atoms with Crippen LogP contribution in [-0.4, -0.2) is 17.0 Å². The molecular formula is C13H14FN3. The van der Waals surface area contributed by atoms with E-state index in [-0.39, 0.29) is 5.82 Å². The molecule has 0 spiro atoms. The standard InChI is InChI=1S/C13H14FN3/c1-8-6-10(14)4-5-11(8)12-7-13(15-3)17-9(2)16-12/h4-7H,1-3H3,(H,15,16,17). The number of aryl methyl sites for hydroxylation is 2. The molecule has 2 rings (SSSR count). The number of rotatable bonds is 2. The number of aromatic nitrogens is 2. The van der Waals surface area contributed by atoms with E-state index in [1.165, 1.54) is 12.1 Å². The molecule has 17 heavy (non-hydrogen) atoms. The lowest BCUT2D eigenvalue weighted by Crippen LogP contribution is -1.99. The van der Waals surface area contributed by atoms with Gasteiger partial charge in [0.15, 0.2) is 0 Å². The van der Waals surface area contributed by atoms with Crippen molar-refractivity contribution in [3.05, 3.63) is 41.5 Å². The van der Waals surface area contributed by atoms with Crippen LogP contribution in [0.15, 0.2) is 24.3 Å². The highest BCUT2D eigenvalue weighted by molar-refractivity contribution is 5.66. The first-order valence-corrected chi connectivity index (χ1v) is 5.40. The van der Waals surface area contributed by atoms with Gasteiger partial charge in [0.1, 0.15) is 17.5 Å². The quantitative estimate of drug-likeness (QED) is 0.863. The normalized spacial score (nSPS) is 10.4. The SMILES string of the molecule is CNc1cc(-c2ccc(F)cc2C)nc(C)n1. The van der Waals surface area contributed by atoms with Crippen LogP contribution >= 0.6 is 0 Å². The molecule has 3 nitrogen and oxygen atoms in total. The van der Waals surface area contributed by atoms with Gasteiger partial charge in [-0.1, -0.05) is 0 Å². The van der Waals surface area contributed by atoms with Gasteiger partial charge in [0, 0.05) is 18.7 Å². The highest BCUT2D eigenvalue weighted by Crippen LogP contribution is 2.23. The average molecular weight is 231 g/mol. The first-order chi connectivity index (χ1) is 8.10. The van der Waals surface area contributed by atoms with Crippen LogP contribution in [0.1, 0.15) is 11.4 Å². The number of nitrogens with zero attached hydrogens (tertiary/aromatic N) is 2. The van der Waals surface area contributed by atoms with E-state index in [2.05, 4.69) is 15.3 Å². The first kappa shape index (κ1) is 11.5. The molecule has 2 aromatic rings. The lowest BCUT2D eigenvalue weighted by atomic mass is 10.1. The molecule has 0 amide bonds. The van der Waals surface area contributed by atoms with Crippen LogP contribution in [0, 0.1) is 19.7 Å². The maximum Gasteiger partial charge on any atom is 0.130 e. The van der Waals surface area contributed by atoms with E-state index >= 15 is 0 Å². The second-order valence-electron chi connectivity index (χ2n) is 3.89. The molecule has 0 aliphatic heterocycles. The highest BCUT2D eigenvalue weighted by Gasteiger charge is 2.07. The molecule has 0 saturated carbocycles. The summed E-state index contributed by atoms with van der Waals surface area (Å²) in [7, 11) is 1.81. The van der Waals surface area contributed by atoms with E-state index < -0.39 is 0 Å². The third-order valence-electron chi connectivity index (χ3n) is 2.56. The molecule has 0 fully saturated rings. The van der Waals surface area contributed by atoms with Gasteiger partial charge < -0.3 is 5.32 Å². The first-order valence-electron chi connectivity index (χ1n) is 5.40. The number of anilines is 1. The predicted molar refractivity (Wildman–Crippen MR) is 66.4 cm³/mol. The predicted octanol–water partition coefficient (Wildman–Crippen LogP) is 2.94. The Morgan fingerprint density at radius 2 is 1.88 bits per heavy atom. The van der Waals surface area contributed by atoms with Crippen LogP contribution in [0.2, 0.25) is 0 Å². The fraction of sp³-hybridized carbons (Fsp3) is 0.231. The largest absolute Gasteiger partial charge is 0.373 e. The van der Waals surface area contributed by atoms with Gasteiger partial charge in [-0.05, 0) is 37.6 Å². The maximum absolute atomic E-state index is 13.0. The molecule has 4 heteroatoms. The smallest absolute Gasteiger partial charge is 0.130 e. The summed E-state index contributed by atoms with van der Waals surface area (Å²) < 4.78 is 13.0. The van der Waals surface area contributed by atoms with Crippen LogP contribution in [0.25, 0.3) is 11.3 Å². The summed E-state index contributed by atoms with van der Waals surface area (Å²) in [5.74, 6) is 1.22. The van der Waals surface area contributed by atoms with Gasteiger partial charge in [-0.2, -0.15) is 0 Å². The molecule has 0 radical (unpaired) electrons. The van der Waals surface area contributed by atoms with Crippen molar-refractivity contribution in [3.63, 3.8) is 0 Å². The van der Waals surface area contributed by atoms with E-state index in [0.29, 0.717) is 5.82 Å². The Labute approximate surface area is 99.7 Å². The monoisotopic (exact) mass is 231 g/mol. The van der Waals surface area contributed by atoms with Gasteiger partial charge in [-0.15, -0.1) is 0 Å². The van der Waals surface area contributed by atoms with Crippen molar-refractivity contribution in [1.29, 1.82) is 0 Å². The highest BCUT2D eigenvalue weighted by atomic mass is 19.1. The van der Waals surface area contributed by atoms with Gasteiger partial charge in [-0.25, -0.2) is 14.4 Å². The Bertz CT molecular complexity index is 552. The lowest BCUT2D eigenvalue weighted by molar-refractivity contribution is 0.627. The second-order valence-corrected chi connectivity index (χ2v) is 3.89. The van der Waals surface area contributed by atoms with Gasteiger partial charge in [-0.3, -0.25) is 0 Å². The van der Waals surface area contributed by atoms with Crippen LogP contribution in [-0.2, 0) is 0 Å². The molecular weight excluding hydrogens is 217 g/mol. The van der Waals surface area contributed by atoms with E-state index in [1.54, 1.807) is 6.07 Å². The molecule has 0 aliphatic carbocycles. The summed E-state index contributed by atoms with van der Waals surface area (Å²) in [5.41, 5.74) is 2.60. The third kappa shape index (κ3) is 2.41. The summed E-state index contributed by atoms with van der Waals surface area (Å²) in [5, 5.41) is 2.98. The summed E-state index contributed by atoms with van der Waals surface area (Å²) >= 11 is 0. The molecule has 0 bridgehead atoms. The number of hydrogen-bond donors (Lipinski definition) is 1. The number of halogens is 1. The minimum absolute atomic E-state index is 0.231. The van der Waals surface area contributed by atoms with Crippen LogP contribution in [0.3, 0.4) is 0 Å². The second kappa shape index (κ2) is 4.49. The van der Waals surface area contributed by atoms with Crippen molar-refractivity contribution in [2.75, 3.05) is 12.4 Å². The van der Waals surface area contributed by atoms with Gasteiger partial charge in [0.2, 0.25) is 0 Å². The van der Waals surface area contributed by atoms with Crippen molar-refractivity contribution < 1.29 is 4.39 Å². The van der Waals surface area contributed by atoms with Gasteiger partial charge in [0.25, 0.3) is 0 Å². The molecule has 1 heterocycles. The molecule has 1 aromatic heterocycles. The zero-order valence-electron chi connectivity index (χ0n) is 10.1. The molecule has 0 aliphatic rings. The Morgan fingerprint density at radius 3 is 2.53 bits per heavy atom. The molecule has 88 valence electrons. The van der Waals surface area contributed by atoms with Crippen LogP contribution < -0.4 is 5.32 Å². The summed E-state index contributed by atoms with van der Waals surface area (Å²) in [6.07, 6.45) is 0. The van der Waals surface area contributed by atoms with Crippen LogP contribution in [0.4, 0.5) is 10.2 Å². The van der Waals surface area contributed by atoms with Crippen molar-refractivity contribution in [2.24, 2.45) is 0 Å². The minimum atomic E-state index is -0.231. The molecule has 0 atom stereocenters. The van der Waals surface area contributed by atoms with Crippen molar-refractivity contribution in [3.8, 4) is 11.3 Å². The molecule has 1 N–H and O–H groups in total. The van der Waals surface area contributed by atoms with Crippen molar-refractivity contribution in [1.82, 2.24) is 9.97 Å². The topological polar surface area (TPSA) is 37.8 Å². The Balaban J connectivity index is 2.55. The van der Waals surface area contributed by atoms with Crippen molar-refractivity contribution in [2.45, 2.75) is 13.8 Å². The van der Waals surface area contributed by atoms with E-state index in [4.69, 9.17) is 0 Å². The zero-order chi connectivity index (χ0) is 12.4. The number of nitrogens with one attached hydrogen (secondary N) is 1. The number of hydrogen-bond acceptors (Lipinski definition) is 3. The molecule has 0 unspecified atom stereocenters. The Kier molecular flexibility index (Phi) is 3.04. The average Bonchev–Trinajstić information content (AvgIpc) is 2.28. The fourth-order valence-electron chi connectivity index (χ4n) is 1.75. The number of benzene rings is 1. The lowest BCUT2D eigenvalue weighted by Gasteiger charge is -2.08. The summed E-state index contributed by atoms with van der Waals surface area (Å²) in [6, 6.07) is 6.55. The zero-order valence-corrected chi connectivity index (χ0v) is 10.1. The summed E-state index contributed by atoms with van der Waals surface area (Å²) in [4.78, 5) is 8.60. The molecule has 1 aromatic carbocycles. The summed E-state index contributed by atoms with van der Waals surface area (Å²) in [6.45, 7) is 3.71. The van der Waals surface area contributed by atoms with Gasteiger partial charge in [0.05, 0.1) is 5.69 Å². The fourth-order valence-corrected chi connectivity index (χ4v) is 1.75. The molecule has 0 saturated heterocycles. The van der Waals surface area contributed by atoms with Crippen LogP contribution in [0.5, 0.6) is 0 Å². The maximum atomic E-state index is 13.0. The Morgan fingerprint density at radius 1 is 1.12 bits per heavy atom. The van der Waals surface area contributed by atoms with Crippen molar-refractivity contribution >= 4 is 5.82 Å². The van der Waals surface area contributed by atoms with Gasteiger partial charge >= 0.3 is 0 Å². The van der Waals surface area contributed by atoms with E-state index in [9.17, 15) is 4.39 Å². The minimum Gasteiger partial charge on any atom is -0.373 e. The van der Waals surface area contributed by atoms with E-state index in [1.807, 2.05) is 27.0 Å².